The van der Waals surface area contributed by atoms with Gasteiger partial charge in [0.15, 0.2) is 9.84 Å². The molecule has 0 saturated heterocycles. The summed E-state index contributed by atoms with van der Waals surface area (Å²) < 4.78 is 98.6. The van der Waals surface area contributed by atoms with Gasteiger partial charge in [-0.2, -0.15) is 31.8 Å². The minimum absolute atomic E-state index is 0.0693. The van der Waals surface area contributed by atoms with Crippen molar-refractivity contribution >= 4 is 105 Å². The summed E-state index contributed by atoms with van der Waals surface area (Å²) in [5, 5.41) is 47.5. The first-order valence-corrected chi connectivity index (χ1v) is 19.9. The molecule has 1 heterocycles. The number of sulfone groups is 1. The number of nitrogens with one attached hydrogen (secondary N) is 2. The predicted octanol–water partition coefficient (Wildman–Crippen LogP) is 5.46. The number of nitrogens with zero attached hydrogens (tertiary/aromatic N) is 6. The van der Waals surface area contributed by atoms with Crippen LogP contribution in [0, 0.1) is 10.1 Å². The molecule has 0 bridgehead atoms. The molecule has 5 rings (SSSR count). The van der Waals surface area contributed by atoms with Crippen molar-refractivity contribution in [3.05, 3.63) is 82.1 Å². The van der Waals surface area contributed by atoms with Crippen molar-refractivity contribution in [1.82, 2.24) is 15.0 Å². The first-order valence-electron chi connectivity index (χ1n) is 14.4. The van der Waals surface area contributed by atoms with E-state index in [1.165, 1.54) is 18.2 Å². The van der Waals surface area contributed by atoms with Crippen LogP contribution in [0.2, 0.25) is 5.28 Å². The molecule has 1 aromatic heterocycles. The minimum atomic E-state index is -5.13. The number of non-ortho nitro benzene ring substituents is 1. The van der Waals surface area contributed by atoms with Crippen LogP contribution in [-0.4, -0.2) is 77.0 Å². The predicted molar refractivity (Wildman–Crippen MR) is 191 cm³/mol. The van der Waals surface area contributed by atoms with Gasteiger partial charge in [-0.1, -0.05) is 11.1 Å². The van der Waals surface area contributed by atoms with Gasteiger partial charge in [0.05, 0.1) is 51.7 Å². The average molecular weight is 861 g/mol. The summed E-state index contributed by atoms with van der Waals surface area (Å²) in [6.45, 7) is -0.999. The van der Waals surface area contributed by atoms with Crippen LogP contribution in [0.3, 0.4) is 0 Å². The van der Waals surface area contributed by atoms with Crippen LogP contribution in [0.4, 0.5) is 40.3 Å². The number of phenolic OH excluding ortho intramolecular Hbond substituents is 1. The fraction of sp³-hybridized carbons (Fsp3) is 0.0741. The summed E-state index contributed by atoms with van der Waals surface area (Å²) in [6, 6.07) is 13.4. The Labute approximate surface area is 317 Å². The number of azo groups is 1. The van der Waals surface area contributed by atoms with Crippen molar-refractivity contribution in [2.24, 2.45) is 10.2 Å². The van der Waals surface area contributed by atoms with Crippen LogP contribution in [0.1, 0.15) is 0 Å². The molecule has 0 amide bonds. The van der Waals surface area contributed by atoms with Crippen molar-refractivity contribution in [1.29, 1.82) is 0 Å². The largest absolute Gasteiger partial charge is 0.505 e. The summed E-state index contributed by atoms with van der Waals surface area (Å²) in [4.78, 5) is 21.2. The van der Waals surface area contributed by atoms with E-state index in [0.29, 0.717) is 39.5 Å². The normalized spacial score (nSPS) is 12.3. The molecule has 290 valence electrons. The Bertz CT molecular complexity index is 2670. The Morgan fingerprint density at radius 2 is 1.49 bits per heavy atom. The van der Waals surface area contributed by atoms with Crippen LogP contribution in [0.15, 0.2) is 91.6 Å². The van der Waals surface area contributed by atoms with E-state index in [-0.39, 0.29) is 23.0 Å². The Morgan fingerprint density at radius 3 is 2.13 bits per heavy atom. The molecule has 0 fully saturated rings. The zero-order valence-corrected chi connectivity index (χ0v) is 30.8. The minimum Gasteiger partial charge on any atom is -0.505 e. The van der Waals surface area contributed by atoms with Gasteiger partial charge in [0.1, 0.15) is 16.3 Å². The van der Waals surface area contributed by atoms with E-state index in [9.17, 15) is 45.0 Å². The van der Waals surface area contributed by atoms with E-state index in [2.05, 4.69) is 49.4 Å². The van der Waals surface area contributed by atoms with Crippen LogP contribution >= 0.6 is 23.6 Å². The molecule has 0 aliphatic rings. The van der Waals surface area contributed by atoms with Crippen LogP contribution in [0.5, 0.6) is 5.75 Å². The number of aromatic hydroxyl groups is 1. The number of fused-ring (bicyclic) bond motifs is 1. The van der Waals surface area contributed by atoms with Gasteiger partial charge in [-0.05, 0) is 60.1 Å². The molecule has 5 aromatic rings. The van der Waals surface area contributed by atoms with Crippen molar-refractivity contribution < 1.29 is 63.2 Å². The number of nitro benzene ring substituents is 1. The second-order valence-electron chi connectivity index (χ2n) is 10.4. The molecule has 6 N–H and O–H groups in total. The molecule has 0 unspecified atom stereocenters. The maximum absolute atomic E-state index is 12.7. The molecule has 0 spiro atoms. The average Bonchev–Trinajstić information content (AvgIpc) is 3.09. The fourth-order valence-corrected chi connectivity index (χ4v) is 7.33. The van der Waals surface area contributed by atoms with Crippen LogP contribution in [-0.2, 0) is 43.9 Å². The molecule has 4 aromatic carbocycles. The summed E-state index contributed by atoms with van der Waals surface area (Å²) >= 11 is 6.77. The first-order chi connectivity index (χ1) is 25.8. The third-order valence-corrected chi connectivity index (χ3v) is 10.6. The van der Waals surface area contributed by atoms with E-state index in [0.717, 1.165) is 24.3 Å². The van der Waals surface area contributed by atoms with Crippen molar-refractivity contribution in [2.75, 3.05) is 23.0 Å². The number of benzene rings is 4. The number of aromatic nitrogens is 3. The third-order valence-electron chi connectivity index (χ3n) is 6.84. The number of nitro groups is 1. The van der Waals surface area contributed by atoms with Gasteiger partial charge in [0.25, 0.3) is 15.8 Å². The Balaban J connectivity index is 1.48. The van der Waals surface area contributed by atoms with E-state index >= 15 is 0 Å². The van der Waals surface area contributed by atoms with Gasteiger partial charge in [-0.3, -0.25) is 19.2 Å². The van der Waals surface area contributed by atoms with Gasteiger partial charge in [-0.25, -0.2) is 17.9 Å². The second-order valence-corrected chi connectivity index (χ2v) is 16.1. The number of halogens is 1. The molecule has 0 saturated carbocycles. The molecule has 28 heteroatoms. The standard InChI is InChI=1S/C27H21ClN8O15S4/c28-25-31-26(33-27(32-25)30-22-6-3-16(13-24(22)54(43,44)45)53(41,42)10-9-49-55(46,47)48)29-19-7-8-20(17-4-2-15(12-18(17)19)52-51-50-40)34-35-21-5-1-14(36(38)39)11-23(21)37/h1-8,11-13,37,40H,9-10H2,(H,43,44,45)(H,46,47,48)(H2,29,30,31,32,33)/b35-34-. The van der Waals surface area contributed by atoms with E-state index in [4.69, 9.17) is 21.4 Å². The first kappa shape index (κ1) is 41.0. The van der Waals surface area contributed by atoms with Crippen molar-refractivity contribution in [3.8, 4) is 5.75 Å². The van der Waals surface area contributed by atoms with Gasteiger partial charge < -0.3 is 15.7 Å². The third kappa shape index (κ3) is 10.7. The molecule has 0 atom stereocenters. The topological polar surface area (TPSA) is 342 Å². The molecular weight excluding hydrogens is 840 g/mol. The quantitative estimate of drug-likeness (QED) is 0.0179. The summed E-state index contributed by atoms with van der Waals surface area (Å²) in [5.41, 5.74) is -0.311. The summed E-state index contributed by atoms with van der Waals surface area (Å²) in [6.07, 6.45) is 0. The van der Waals surface area contributed by atoms with Crippen molar-refractivity contribution in [2.45, 2.75) is 14.7 Å². The number of anilines is 4. The highest BCUT2D eigenvalue weighted by atomic mass is 35.5. The Morgan fingerprint density at radius 1 is 0.836 bits per heavy atom. The monoisotopic (exact) mass is 860 g/mol. The van der Waals surface area contributed by atoms with Gasteiger partial charge in [-0.15, -0.1) is 14.6 Å². The van der Waals surface area contributed by atoms with Crippen LogP contribution in [0.25, 0.3) is 10.8 Å². The van der Waals surface area contributed by atoms with E-state index in [1.807, 2.05) is 0 Å². The lowest BCUT2D eigenvalue weighted by molar-refractivity contribution is -0.432. The van der Waals surface area contributed by atoms with Crippen LogP contribution < -0.4 is 10.6 Å². The fourth-order valence-electron chi connectivity index (χ4n) is 4.51. The lowest BCUT2D eigenvalue weighted by atomic mass is 10.1. The highest BCUT2D eigenvalue weighted by Gasteiger charge is 2.24. The highest BCUT2D eigenvalue weighted by molar-refractivity contribution is 7.94. The zero-order valence-electron chi connectivity index (χ0n) is 26.7. The number of phenols is 1. The Kier molecular flexibility index (Phi) is 12.4. The Hall–Kier alpha value is -5.20. The zero-order chi connectivity index (χ0) is 40.1. The van der Waals surface area contributed by atoms with Crippen molar-refractivity contribution in [3.63, 3.8) is 0 Å². The molecule has 55 heavy (non-hydrogen) atoms. The van der Waals surface area contributed by atoms with E-state index < -0.39 is 80.1 Å². The van der Waals surface area contributed by atoms with Gasteiger partial charge >= 0.3 is 10.4 Å². The lowest BCUT2D eigenvalue weighted by Gasteiger charge is -2.14. The van der Waals surface area contributed by atoms with E-state index in [1.54, 1.807) is 18.2 Å². The lowest BCUT2D eigenvalue weighted by Crippen LogP contribution is -2.16. The summed E-state index contributed by atoms with van der Waals surface area (Å²) in [5.74, 6) is -2.11. The molecule has 23 nitrogen and oxygen atoms in total. The number of hydrogen-bond acceptors (Lipinski definition) is 21. The maximum Gasteiger partial charge on any atom is 0.397 e. The molecular formula is C27H21ClN8O15S4. The smallest absolute Gasteiger partial charge is 0.397 e. The SMILES string of the molecule is O=[N+]([O-])c1ccc(/N=N\c2ccc(Nc3nc(Cl)nc(Nc4ccc(S(=O)(=O)CCOS(=O)(=O)O)cc4S(=O)(=O)O)n3)c3cc(SOOO)ccc23)c(O)c1. The molecule has 0 radical (unpaired) electrons. The number of rotatable bonds is 16. The number of hydrogen-bond donors (Lipinski definition) is 6. The maximum atomic E-state index is 12.7. The summed E-state index contributed by atoms with van der Waals surface area (Å²) in [7, 11) is -14.5. The molecule has 0 aliphatic heterocycles. The second kappa shape index (κ2) is 16.7. The molecule has 0 aliphatic carbocycles. The van der Waals surface area contributed by atoms with Gasteiger partial charge in [0.2, 0.25) is 17.2 Å². The van der Waals surface area contributed by atoms with Gasteiger partial charge in [0, 0.05) is 27.4 Å². The highest BCUT2D eigenvalue weighted by Crippen LogP contribution is 2.38.